The van der Waals surface area contributed by atoms with Gasteiger partial charge in [0.25, 0.3) is 5.91 Å². The van der Waals surface area contributed by atoms with E-state index in [9.17, 15) is 9.59 Å². The number of carbonyl (C=O) groups is 1. The van der Waals surface area contributed by atoms with Gasteiger partial charge in [0, 0.05) is 17.2 Å². The molecule has 2 aliphatic rings. The number of rotatable bonds is 4. The van der Waals surface area contributed by atoms with Crippen molar-refractivity contribution < 1.29 is 4.79 Å². The Morgan fingerprint density at radius 3 is 2.09 bits per heavy atom. The van der Waals surface area contributed by atoms with Crippen molar-refractivity contribution >= 4 is 11.6 Å². The Hall–Kier alpha value is -4.58. The number of hydrogen-bond donors (Lipinski definition) is 1. The molecule has 32 heavy (non-hydrogen) atoms. The van der Waals surface area contributed by atoms with Gasteiger partial charge in [-0.05, 0) is 30.3 Å². The van der Waals surface area contributed by atoms with Crippen LogP contribution in [0.2, 0.25) is 0 Å². The second kappa shape index (κ2) is 8.28. The van der Waals surface area contributed by atoms with Gasteiger partial charge < -0.3 is 5.32 Å². The SMILES string of the molecule is O=C(Nc1cc2nc(-c3ccccc3)nn(-c3ccccc3)c-2cc1=O)c1ccccc1. The average molecular weight is 418 g/mol. The van der Waals surface area contributed by atoms with Crippen LogP contribution in [0, 0.1) is 0 Å². The Bertz CT molecular complexity index is 1420. The zero-order chi connectivity index (χ0) is 21.9. The lowest BCUT2D eigenvalue weighted by Crippen LogP contribution is -2.20. The molecule has 0 aromatic heterocycles. The molecule has 0 bridgehead atoms. The summed E-state index contributed by atoms with van der Waals surface area (Å²) in [5, 5.41) is 7.42. The zero-order valence-electron chi connectivity index (χ0n) is 17.0. The van der Waals surface area contributed by atoms with Crippen LogP contribution in [0.4, 0.5) is 5.69 Å². The number of hydrogen-bond acceptors (Lipinski definition) is 4. The van der Waals surface area contributed by atoms with Gasteiger partial charge in [-0.1, -0.05) is 66.7 Å². The molecule has 1 aliphatic carbocycles. The van der Waals surface area contributed by atoms with Crippen LogP contribution in [0.15, 0.2) is 108 Å². The molecule has 0 atom stereocenters. The van der Waals surface area contributed by atoms with E-state index in [4.69, 9.17) is 10.1 Å². The lowest BCUT2D eigenvalue weighted by molar-refractivity contribution is 0.102. The van der Waals surface area contributed by atoms with Gasteiger partial charge in [0.2, 0.25) is 5.43 Å². The predicted octanol–water partition coefficient (Wildman–Crippen LogP) is 4.65. The summed E-state index contributed by atoms with van der Waals surface area (Å²) in [5.41, 5.74) is 3.08. The molecule has 1 aliphatic heterocycles. The maximum Gasteiger partial charge on any atom is 0.255 e. The minimum Gasteiger partial charge on any atom is -0.319 e. The predicted molar refractivity (Wildman–Crippen MR) is 124 cm³/mol. The van der Waals surface area contributed by atoms with Gasteiger partial charge in [-0.15, -0.1) is 5.10 Å². The number of anilines is 1. The second-order valence-corrected chi connectivity index (χ2v) is 7.21. The summed E-state index contributed by atoms with van der Waals surface area (Å²) in [6.45, 7) is 0. The monoisotopic (exact) mass is 418 g/mol. The van der Waals surface area contributed by atoms with Crippen LogP contribution >= 0.6 is 0 Å². The van der Waals surface area contributed by atoms with E-state index < -0.39 is 0 Å². The Morgan fingerprint density at radius 2 is 1.41 bits per heavy atom. The average Bonchev–Trinajstić information content (AvgIpc) is 2.85. The summed E-state index contributed by atoms with van der Waals surface area (Å²) in [5.74, 6) is 0.163. The van der Waals surface area contributed by atoms with Gasteiger partial charge >= 0.3 is 0 Å². The molecule has 3 aromatic carbocycles. The standard InChI is InChI=1S/C26H18N4O2/c31-24-17-23-21(16-22(24)28-26(32)19-12-6-2-7-13-19)27-25(18-10-4-1-5-11-18)29-30(23)20-14-8-3-9-15-20/h1-17H,(H,28,32). The molecule has 0 fully saturated rings. The topological polar surface area (TPSA) is 76.9 Å². The Labute approximate surface area is 184 Å². The summed E-state index contributed by atoms with van der Waals surface area (Å²) in [6, 6.07) is 31.0. The van der Waals surface area contributed by atoms with Crippen molar-refractivity contribution in [1.29, 1.82) is 0 Å². The zero-order valence-corrected chi connectivity index (χ0v) is 17.0. The first kappa shape index (κ1) is 19.4. The number of fused-ring (bicyclic) bond motifs is 1. The van der Waals surface area contributed by atoms with Crippen molar-refractivity contribution in [2.75, 3.05) is 5.32 Å². The summed E-state index contributed by atoms with van der Waals surface area (Å²) < 4.78 is 1.70. The molecular weight excluding hydrogens is 400 g/mol. The number of para-hydroxylation sites is 1. The van der Waals surface area contributed by atoms with E-state index in [-0.39, 0.29) is 17.0 Å². The van der Waals surface area contributed by atoms with Crippen molar-refractivity contribution in [2.45, 2.75) is 0 Å². The maximum absolute atomic E-state index is 12.9. The van der Waals surface area contributed by atoms with E-state index >= 15 is 0 Å². The molecule has 5 rings (SSSR count). The van der Waals surface area contributed by atoms with Crippen LogP contribution in [0.5, 0.6) is 0 Å². The molecule has 1 amide bonds. The molecule has 0 unspecified atom stereocenters. The quantitative estimate of drug-likeness (QED) is 0.461. The van der Waals surface area contributed by atoms with E-state index in [1.54, 1.807) is 35.0 Å². The van der Waals surface area contributed by atoms with Crippen molar-refractivity contribution in [1.82, 2.24) is 14.8 Å². The lowest BCUT2D eigenvalue weighted by Gasteiger charge is -2.17. The van der Waals surface area contributed by atoms with Crippen LogP contribution in [0.25, 0.3) is 28.5 Å². The molecule has 6 nitrogen and oxygen atoms in total. The molecule has 1 heterocycles. The first-order valence-electron chi connectivity index (χ1n) is 10.1. The van der Waals surface area contributed by atoms with Gasteiger partial charge in [-0.3, -0.25) is 9.59 Å². The molecule has 6 heteroatoms. The molecule has 0 saturated heterocycles. The highest BCUT2D eigenvalue weighted by atomic mass is 16.2. The first-order chi connectivity index (χ1) is 15.7. The molecular formula is C26H18N4O2. The number of nitrogens with one attached hydrogen (secondary N) is 1. The smallest absolute Gasteiger partial charge is 0.255 e. The number of benzene rings is 4. The number of aromatic nitrogens is 3. The maximum atomic E-state index is 12.9. The minimum absolute atomic E-state index is 0.170. The molecule has 0 radical (unpaired) electrons. The molecule has 154 valence electrons. The Kier molecular flexibility index (Phi) is 5.01. The van der Waals surface area contributed by atoms with E-state index in [1.807, 2.05) is 66.7 Å². The van der Waals surface area contributed by atoms with Crippen LogP contribution < -0.4 is 10.7 Å². The molecule has 0 spiro atoms. The normalized spacial score (nSPS) is 10.8. The first-order valence-corrected chi connectivity index (χ1v) is 10.1. The van der Waals surface area contributed by atoms with Crippen LogP contribution in [-0.4, -0.2) is 20.7 Å². The van der Waals surface area contributed by atoms with Crippen LogP contribution in [-0.2, 0) is 0 Å². The van der Waals surface area contributed by atoms with Crippen molar-refractivity contribution in [2.24, 2.45) is 0 Å². The van der Waals surface area contributed by atoms with Gasteiger partial charge in [-0.25, -0.2) is 9.67 Å². The second-order valence-electron chi connectivity index (χ2n) is 7.21. The summed E-state index contributed by atoms with van der Waals surface area (Å²) in [7, 11) is 0. The third-order valence-electron chi connectivity index (χ3n) is 5.04. The van der Waals surface area contributed by atoms with Crippen LogP contribution in [0.1, 0.15) is 10.4 Å². The van der Waals surface area contributed by atoms with E-state index in [0.717, 1.165) is 11.3 Å². The van der Waals surface area contributed by atoms with Gasteiger partial charge in [0.15, 0.2) is 5.82 Å². The van der Waals surface area contributed by atoms with Gasteiger partial charge in [0.1, 0.15) is 0 Å². The summed E-state index contributed by atoms with van der Waals surface area (Å²) in [4.78, 5) is 30.1. The van der Waals surface area contributed by atoms with Crippen molar-refractivity contribution in [3.05, 3.63) is 119 Å². The Balaban J connectivity index is 1.67. The largest absolute Gasteiger partial charge is 0.319 e. The molecule has 0 saturated carbocycles. The fraction of sp³-hybridized carbons (Fsp3) is 0. The number of nitrogens with zero attached hydrogens (tertiary/aromatic N) is 3. The molecule has 3 aromatic rings. The van der Waals surface area contributed by atoms with Gasteiger partial charge in [-0.2, -0.15) is 0 Å². The summed E-state index contributed by atoms with van der Waals surface area (Å²) in [6.07, 6.45) is 0. The summed E-state index contributed by atoms with van der Waals surface area (Å²) >= 11 is 0. The van der Waals surface area contributed by atoms with E-state index in [2.05, 4.69) is 5.32 Å². The fourth-order valence-electron chi connectivity index (χ4n) is 3.46. The highest BCUT2D eigenvalue weighted by Gasteiger charge is 2.18. The highest BCUT2D eigenvalue weighted by Crippen LogP contribution is 2.26. The van der Waals surface area contributed by atoms with Gasteiger partial charge in [0.05, 0.1) is 22.8 Å². The van der Waals surface area contributed by atoms with Crippen molar-refractivity contribution in [3.63, 3.8) is 0 Å². The third-order valence-corrected chi connectivity index (χ3v) is 5.04. The minimum atomic E-state index is -0.352. The Morgan fingerprint density at radius 1 is 0.781 bits per heavy atom. The van der Waals surface area contributed by atoms with E-state index in [1.165, 1.54) is 6.07 Å². The highest BCUT2D eigenvalue weighted by molar-refractivity contribution is 6.04. The lowest BCUT2D eigenvalue weighted by atomic mass is 10.1. The molecule has 1 N–H and O–H groups in total. The van der Waals surface area contributed by atoms with E-state index in [0.29, 0.717) is 22.8 Å². The number of amides is 1. The van der Waals surface area contributed by atoms with Crippen LogP contribution in [0.3, 0.4) is 0 Å². The van der Waals surface area contributed by atoms with Crippen molar-refractivity contribution in [3.8, 4) is 28.5 Å². The number of carbonyl (C=O) groups excluding carboxylic acids is 1. The third kappa shape index (κ3) is 3.77. The fourth-order valence-corrected chi connectivity index (χ4v) is 3.46.